The smallest absolute Gasteiger partial charge is 0.433 e. The number of nitrogens with zero attached hydrogens (tertiary/aromatic N) is 7. The maximum Gasteiger partial charge on any atom is 0.433 e. The summed E-state index contributed by atoms with van der Waals surface area (Å²) >= 11 is 1.38. The average Bonchev–Trinajstić information content (AvgIpc) is 1.41. The number of rotatable bonds is 21. The van der Waals surface area contributed by atoms with Crippen LogP contribution in [0.3, 0.4) is 0 Å². The number of aromatic carboxylic acids is 2. The number of carboxylic acid groups (broad SMARTS) is 3. The monoisotopic (exact) mass is 2190 g/mol. The minimum absolute atomic E-state index is 0.00809. The number of thioether (sulfide) groups is 3. The first kappa shape index (κ1) is 114. The van der Waals surface area contributed by atoms with Crippen LogP contribution in [0, 0.1) is 26.7 Å². The Hall–Kier alpha value is -13.5. The Morgan fingerprint density at radius 1 is 0.347 bits per heavy atom. The van der Waals surface area contributed by atoms with E-state index >= 15 is 0 Å². The molecule has 49 heteroatoms. The number of aryl methyl sites for hydroxylation is 3. The fourth-order valence-electron chi connectivity index (χ4n) is 18.1. The van der Waals surface area contributed by atoms with Gasteiger partial charge in [0.05, 0.1) is 118 Å². The number of methoxy groups -OCH3 is 3. The van der Waals surface area contributed by atoms with Gasteiger partial charge in [-0.15, -0.1) is 0 Å². The van der Waals surface area contributed by atoms with Gasteiger partial charge < -0.3 is 44.2 Å². The molecule has 4 aliphatic rings. The quantitative estimate of drug-likeness (QED) is 0.0565. The second-order valence-electron chi connectivity index (χ2n) is 35.3. The molecule has 4 fully saturated rings. The summed E-state index contributed by atoms with van der Waals surface area (Å²) in [5.41, 5.74) is -9.34. The lowest BCUT2D eigenvalue weighted by Gasteiger charge is -2.28. The molecule has 798 valence electrons. The SMILES string of the molecule is COc1ccc(C2CCC(C(=O)O)CC2)cc1-c1ccc(C(F)(F)F)nc1CN1C(=O)S[C@H](c2cc(C(F)(F)F)cc(C(F)(F)F)c2)[C@@H]1C.COc1ncc(-c2c(C)cc(C(=O)O)cc2C)cc1-c1ccc(C(F)(F)F)nc1CN1C(=O)S[C@H](c2cc(C(F)(F)F)cc(C(F)(F)F)c2)[C@@H]1C.COc1ncc(-c2ccc(C(=O)O)cc2C)cc1-c1ccc(C(F)(F)F)cc1CN1C(=O)S[C@H](c2cc(C(F)(F)F)cc(C(F)(F)F)c2)[C@@H]1C. The molecule has 6 atom stereocenters. The van der Waals surface area contributed by atoms with Crippen molar-refractivity contribution in [3.63, 3.8) is 0 Å². The molecule has 0 spiro atoms. The fraction of sp³-hybridized carbons (Fsp3) is 0.327. The Morgan fingerprint density at radius 3 is 1.06 bits per heavy atom. The lowest BCUT2D eigenvalue weighted by molar-refractivity contribution is -0.144. The Bertz CT molecular complexity index is 6920. The third-order valence-corrected chi connectivity index (χ3v) is 29.6. The molecule has 19 nitrogen and oxygen atoms in total. The zero-order valence-corrected chi connectivity index (χ0v) is 81.3. The predicted octanol–water partition coefficient (Wildman–Crippen LogP) is 30.2. The number of halogens is 27. The van der Waals surface area contributed by atoms with Crippen LogP contribution in [0.5, 0.6) is 17.5 Å². The third-order valence-electron chi connectivity index (χ3n) is 25.5. The Kier molecular flexibility index (Phi) is 32.7. The first-order valence-corrected chi connectivity index (χ1v) is 47.0. The highest BCUT2D eigenvalue weighted by molar-refractivity contribution is 8.14. The standard InChI is InChI=1S/C34H26F9N3O4S.C34H25F9N2O4S.C33H29F9N2O4S/c1-15-7-19(30(47)48)8-16(2)27(15)20-11-24(29(50-4)44-13-20)23-5-6-26(34(41,42)43)45-25(23)14-46-17(3)28(51-31(46)49)18-9-21(32(35,36)37)12-22(10-18)33(38,39)40;1-16-8-18(30(46)47)4-6-25(16)20-12-27(29(49-3)44-14-20)26-7-5-22(32(35,36)37)11-21(26)15-45-17(2)28(50-31(45)48)19-9-23(33(38,39)40)13-24(10-19)34(41,42)43;1-16-28(20-11-21(31(34,35)36)14-22(12-20)32(37,38)39)49-30(47)44(16)15-25-23(8-10-27(43-25)33(40,41)42)24-13-19(7-9-26(24)48-2)17-3-5-18(6-4-17)29(45)46/h5-13,17,28H,14H2,1-4H3,(H,47,48);4-14,17,28H,15H2,1-3H3,(H,46,47);7-14,16-18,28H,3-6,15H2,1-2H3,(H,45,46)/t2*17-,28-;16-,17?,18?,28-/m000/s1. The van der Waals surface area contributed by atoms with Gasteiger partial charge in [-0.2, -0.15) is 119 Å². The number of aromatic nitrogens is 4. The van der Waals surface area contributed by atoms with Crippen molar-refractivity contribution in [3.05, 3.63) is 287 Å². The largest absolute Gasteiger partial charge is 0.496 e. The number of amides is 3. The number of benzene rings is 7. The van der Waals surface area contributed by atoms with Crippen molar-refractivity contribution in [1.82, 2.24) is 34.6 Å². The Morgan fingerprint density at radius 2 is 0.700 bits per heavy atom. The molecule has 150 heavy (non-hydrogen) atoms. The second kappa shape index (κ2) is 43.1. The van der Waals surface area contributed by atoms with Crippen LogP contribution < -0.4 is 14.2 Å². The van der Waals surface area contributed by atoms with Crippen molar-refractivity contribution in [2.24, 2.45) is 5.92 Å². The van der Waals surface area contributed by atoms with Gasteiger partial charge in [0, 0.05) is 76.0 Å². The van der Waals surface area contributed by atoms with Crippen LogP contribution >= 0.6 is 35.3 Å². The van der Waals surface area contributed by atoms with Crippen molar-refractivity contribution in [1.29, 1.82) is 0 Å². The summed E-state index contributed by atoms with van der Waals surface area (Å²) in [6, 6.07) is 21.8. The van der Waals surface area contributed by atoms with Crippen molar-refractivity contribution >= 4 is 68.9 Å². The first-order valence-electron chi connectivity index (χ1n) is 44.4. The van der Waals surface area contributed by atoms with Gasteiger partial charge in [0.1, 0.15) is 17.1 Å². The molecule has 11 aromatic rings. The van der Waals surface area contributed by atoms with Crippen molar-refractivity contribution in [2.75, 3.05) is 21.3 Å². The lowest BCUT2D eigenvalue weighted by Crippen LogP contribution is -2.32. The molecule has 0 unspecified atom stereocenters. The molecule has 7 heterocycles. The highest BCUT2D eigenvalue weighted by atomic mass is 32.2. The fourth-order valence-corrected chi connectivity index (χ4v) is 21.7. The topological polar surface area (TPSA) is 252 Å². The third kappa shape index (κ3) is 25.4. The average molecular weight is 2190 g/mol. The van der Waals surface area contributed by atoms with Crippen LogP contribution in [0.15, 0.2) is 170 Å². The van der Waals surface area contributed by atoms with Gasteiger partial charge in [-0.1, -0.05) is 65.6 Å². The van der Waals surface area contributed by atoms with E-state index in [0.717, 1.165) is 50.6 Å². The molecule has 3 saturated heterocycles. The van der Waals surface area contributed by atoms with Gasteiger partial charge in [0.2, 0.25) is 11.8 Å². The summed E-state index contributed by atoms with van der Waals surface area (Å²) < 4.78 is 386. The van der Waals surface area contributed by atoms with E-state index in [1.807, 2.05) is 0 Å². The van der Waals surface area contributed by atoms with Crippen molar-refractivity contribution in [2.45, 2.75) is 182 Å². The highest BCUT2D eigenvalue weighted by Crippen LogP contribution is 2.55. The van der Waals surface area contributed by atoms with Crippen LogP contribution in [-0.2, 0) is 80.0 Å². The second-order valence-corrected chi connectivity index (χ2v) is 38.6. The number of alkyl halides is 27. The summed E-state index contributed by atoms with van der Waals surface area (Å²) in [4.78, 5) is 93.7. The van der Waals surface area contributed by atoms with E-state index in [9.17, 15) is 163 Å². The first-order chi connectivity index (χ1) is 69.5. The Labute approximate surface area is 846 Å². The Balaban J connectivity index is 0.000000187. The highest BCUT2D eigenvalue weighted by Gasteiger charge is 2.50. The van der Waals surface area contributed by atoms with Gasteiger partial charge in [0.25, 0.3) is 15.7 Å². The summed E-state index contributed by atoms with van der Waals surface area (Å²) in [5, 5.41) is 22.1. The summed E-state index contributed by atoms with van der Waals surface area (Å²) in [5.74, 6) is -3.49. The van der Waals surface area contributed by atoms with Crippen LogP contribution in [-0.4, -0.2) is 123 Å². The molecule has 0 radical (unpaired) electrons. The maximum absolute atomic E-state index is 13.9. The molecular formula is C101H80F27N7O12S3. The predicted molar refractivity (Wildman–Crippen MR) is 494 cm³/mol. The van der Waals surface area contributed by atoms with Gasteiger partial charge in [-0.3, -0.25) is 19.2 Å². The van der Waals surface area contributed by atoms with Crippen LogP contribution in [0.2, 0.25) is 0 Å². The van der Waals surface area contributed by atoms with E-state index in [1.54, 1.807) is 57.2 Å². The van der Waals surface area contributed by atoms with Gasteiger partial charge in [-0.25, -0.2) is 29.5 Å². The maximum atomic E-state index is 13.9. The molecular weight excluding hydrogens is 2110 g/mol. The van der Waals surface area contributed by atoms with Crippen LogP contribution in [0.4, 0.5) is 133 Å². The molecule has 1 saturated carbocycles. The number of pyridine rings is 4. The van der Waals surface area contributed by atoms with E-state index in [2.05, 4.69) is 19.9 Å². The van der Waals surface area contributed by atoms with E-state index < -0.39 is 216 Å². The zero-order chi connectivity index (χ0) is 111. The zero-order valence-electron chi connectivity index (χ0n) is 78.8. The number of hydrogen-bond acceptors (Lipinski definition) is 16. The van der Waals surface area contributed by atoms with E-state index in [-0.39, 0.29) is 97.5 Å². The molecule has 3 amide bonds. The van der Waals surface area contributed by atoms with Gasteiger partial charge >= 0.3 is 73.5 Å². The van der Waals surface area contributed by atoms with E-state index in [1.165, 1.54) is 84.8 Å². The summed E-state index contributed by atoms with van der Waals surface area (Å²) in [6.07, 6.45) is -40.5. The van der Waals surface area contributed by atoms with E-state index in [0.29, 0.717) is 148 Å². The molecule has 4 aromatic heterocycles. The molecule has 15 rings (SSSR count). The summed E-state index contributed by atoms with van der Waals surface area (Å²) in [7, 11) is 3.89. The lowest BCUT2D eigenvalue weighted by atomic mass is 9.78. The van der Waals surface area contributed by atoms with Crippen molar-refractivity contribution in [3.8, 4) is 73.1 Å². The van der Waals surface area contributed by atoms with Crippen molar-refractivity contribution < 1.29 is 177 Å². The molecule has 3 aliphatic heterocycles. The minimum atomic E-state index is -5.14. The van der Waals surface area contributed by atoms with Crippen LogP contribution in [0.1, 0.15) is 195 Å². The number of carboxylic acids is 3. The van der Waals surface area contributed by atoms with E-state index in [4.69, 9.17) is 14.2 Å². The normalized spacial score (nSPS) is 18.6. The number of aliphatic carboxylic acids is 1. The van der Waals surface area contributed by atoms with Crippen LogP contribution in [0.25, 0.3) is 55.6 Å². The number of carbonyl (C=O) groups is 6. The van der Waals surface area contributed by atoms with Gasteiger partial charge in [-0.05, 0) is 262 Å². The molecule has 3 N–H and O–H groups in total. The molecule has 7 aromatic carbocycles. The molecule has 1 aliphatic carbocycles. The number of carbonyl (C=O) groups excluding carboxylic acids is 3. The minimum Gasteiger partial charge on any atom is -0.496 e. The van der Waals surface area contributed by atoms with Gasteiger partial charge in [0.15, 0.2) is 0 Å². The number of hydrogen-bond donors (Lipinski definition) is 3. The molecule has 0 bridgehead atoms. The number of ether oxygens (including phenoxy) is 3. The summed E-state index contributed by atoms with van der Waals surface area (Å²) in [6.45, 7) is 7.45.